The lowest BCUT2D eigenvalue weighted by Crippen LogP contribution is -2.54. The second-order valence-electron chi connectivity index (χ2n) is 7.60. The average Bonchev–Trinajstić information content (AvgIpc) is 3.01. The molecule has 2 aliphatic rings. The Balaban J connectivity index is 0.00000300. The molecule has 8 nitrogen and oxygen atoms in total. The van der Waals surface area contributed by atoms with Gasteiger partial charge in [-0.1, -0.05) is 24.9 Å². The number of nitrogens with zero attached hydrogens (tertiary/aromatic N) is 5. The van der Waals surface area contributed by atoms with Crippen molar-refractivity contribution < 1.29 is 9.32 Å². The van der Waals surface area contributed by atoms with Crippen LogP contribution >= 0.6 is 24.0 Å². The molecule has 0 unspecified atom stereocenters. The van der Waals surface area contributed by atoms with E-state index >= 15 is 0 Å². The third-order valence-electron chi connectivity index (χ3n) is 5.59. The second kappa shape index (κ2) is 12.4. The molecule has 0 spiro atoms. The molecule has 3 heterocycles. The molecule has 2 saturated heterocycles. The number of aromatic nitrogens is 1. The van der Waals surface area contributed by atoms with E-state index < -0.39 is 0 Å². The highest BCUT2D eigenvalue weighted by Gasteiger charge is 2.23. The Morgan fingerprint density at radius 2 is 1.79 bits per heavy atom. The Morgan fingerprint density at radius 3 is 2.38 bits per heavy atom. The average molecular weight is 518 g/mol. The summed E-state index contributed by atoms with van der Waals surface area (Å²) in [5, 5.41) is 7.38. The summed E-state index contributed by atoms with van der Waals surface area (Å²) in [4.78, 5) is 23.6. The van der Waals surface area contributed by atoms with Crippen LogP contribution in [0.5, 0.6) is 0 Å². The number of guanidine groups is 1. The van der Waals surface area contributed by atoms with E-state index in [1.54, 1.807) is 7.05 Å². The van der Waals surface area contributed by atoms with Gasteiger partial charge in [-0.2, -0.15) is 0 Å². The number of amides is 1. The highest BCUT2D eigenvalue weighted by Crippen LogP contribution is 2.11. The highest BCUT2D eigenvalue weighted by atomic mass is 127. The van der Waals surface area contributed by atoms with Crippen molar-refractivity contribution in [3.8, 4) is 0 Å². The van der Waals surface area contributed by atoms with Crippen LogP contribution in [0.3, 0.4) is 0 Å². The number of carbonyl (C=O) groups is 1. The molecule has 2 aliphatic heterocycles. The van der Waals surface area contributed by atoms with Crippen LogP contribution in [-0.4, -0.2) is 84.6 Å². The Morgan fingerprint density at radius 1 is 1.10 bits per heavy atom. The molecule has 3 rings (SSSR count). The lowest BCUT2D eigenvalue weighted by atomic mass is 10.2. The van der Waals surface area contributed by atoms with E-state index in [2.05, 4.69) is 37.1 Å². The van der Waals surface area contributed by atoms with Crippen molar-refractivity contribution in [1.82, 2.24) is 25.2 Å². The lowest BCUT2D eigenvalue weighted by molar-refractivity contribution is -0.132. The van der Waals surface area contributed by atoms with Crippen molar-refractivity contribution >= 4 is 35.8 Å². The molecule has 9 heteroatoms. The number of hydrogen-bond donors (Lipinski definition) is 1. The maximum atomic E-state index is 12.6. The van der Waals surface area contributed by atoms with Crippen LogP contribution in [0.2, 0.25) is 0 Å². The lowest BCUT2D eigenvalue weighted by Gasteiger charge is -2.36. The summed E-state index contributed by atoms with van der Waals surface area (Å²) in [7, 11) is 1.80. The first-order valence-corrected chi connectivity index (χ1v) is 10.6. The first kappa shape index (κ1) is 23.9. The van der Waals surface area contributed by atoms with Gasteiger partial charge in [0.2, 0.25) is 5.91 Å². The Bertz CT molecular complexity index is 649. The zero-order valence-electron chi connectivity index (χ0n) is 17.7. The Hall–Kier alpha value is -1.36. The SMILES string of the molecule is CCc1cc(CNC(=NC)N2CCN(CC(=O)N3CCCCCC3)CC2)on1.I. The largest absolute Gasteiger partial charge is 0.359 e. The van der Waals surface area contributed by atoms with E-state index in [9.17, 15) is 4.79 Å². The first-order chi connectivity index (χ1) is 13.7. The van der Waals surface area contributed by atoms with Crippen molar-refractivity contribution in [2.75, 3.05) is 52.9 Å². The van der Waals surface area contributed by atoms with E-state index in [0.717, 1.165) is 75.9 Å². The van der Waals surface area contributed by atoms with E-state index in [1.807, 2.05) is 6.07 Å². The molecule has 1 amide bonds. The van der Waals surface area contributed by atoms with Gasteiger partial charge in [-0.3, -0.25) is 14.7 Å². The van der Waals surface area contributed by atoms with Crippen LogP contribution in [0.1, 0.15) is 44.1 Å². The molecule has 0 aliphatic carbocycles. The molecule has 0 aromatic carbocycles. The number of likely N-dealkylation sites (tertiary alicyclic amines) is 1. The number of aryl methyl sites for hydroxylation is 1. The van der Waals surface area contributed by atoms with Gasteiger partial charge in [0.25, 0.3) is 0 Å². The van der Waals surface area contributed by atoms with Gasteiger partial charge < -0.3 is 19.6 Å². The first-order valence-electron chi connectivity index (χ1n) is 10.6. The molecule has 1 aromatic heterocycles. The smallest absolute Gasteiger partial charge is 0.236 e. The Kier molecular flexibility index (Phi) is 10.2. The summed E-state index contributed by atoms with van der Waals surface area (Å²) in [5.74, 6) is 1.97. The maximum Gasteiger partial charge on any atom is 0.236 e. The minimum Gasteiger partial charge on any atom is -0.359 e. The van der Waals surface area contributed by atoms with Gasteiger partial charge in [0.15, 0.2) is 11.7 Å². The molecule has 0 atom stereocenters. The van der Waals surface area contributed by atoms with E-state index in [1.165, 1.54) is 12.8 Å². The maximum absolute atomic E-state index is 12.6. The van der Waals surface area contributed by atoms with Gasteiger partial charge in [-0.25, -0.2) is 0 Å². The molecule has 1 N–H and O–H groups in total. The minimum absolute atomic E-state index is 0. The predicted octanol–water partition coefficient (Wildman–Crippen LogP) is 1.95. The summed E-state index contributed by atoms with van der Waals surface area (Å²) >= 11 is 0. The van der Waals surface area contributed by atoms with Crippen molar-refractivity contribution in [2.24, 2.45) is 4.99 Å². The van der Waals surface area contributed by atoms with Crippen LogP contribution in [0.4, 0.5) is 0 Å². The summed E-state index contributed by atoms with van der Waals surface area (Å²) < 4.78 is 5.33. The zero-order valence-corrected chi connectivity index (χ0v) is 20.1. The van der Waals surface area contributed by atoms with Gasteiger partial charge in [0.1, 0.15) is 0 Å². The molecular weight excluding hydrogens is 483 g/mol. The van der Waals surface area contributed by atoms with Crippen LogP contribution in [-0.2, 0) is 17.8 Å². The summed E-state index contributed by atoms with van der Waals surface area (Å²) in [6.45, 7) is 8.52. The van der Waals surface area contributed by atoms with Crippen LogP contribution in [0, 0.1) is 0 Å². The van der Waals surface area contributed by atoms with E-state index in [4.69, 9.17) is 4.52 Å². The van der Waals surface area contributed by atoms with E-state index in [-0.39, 0.29) is 29.9 Å². The standard InChI is InChI=1S/C20H34N6O2.HI/c1-3-17-14-18(28-23-17)15-22-20(21-2)26-12-10-24(11-13-26)16-19(27)25-8-6-4-5-7-9-25;/h14H,3-13,15-16H2,1-2H3,(H,21,22);1H. The van der Waals surface area contributed by atoms with Crippen LogP contribution < -0.4 is 5.32 Å². The monoisotopic (exact) mass is 518 g/mol. The van der Waals surface area contributed by atoms with Gasteiger partial charge in [-0.15, -0.1) is 24.0 Å². The number of hydrogen-bond acceptors (Lipinski definition) is 5. The molecular formula is C20H35IN6O2. The number of nitrogens with one attached hydrogen (secondary N) is 1. The summed E-state index contributed by atoms with van der Waals surface area (Å²) in [6.07, 6.45) is 5.67. The quantitative estimate of drug-likeness (QED) is 0.365. The van der Waals surface area contributed by atoms with E-state index in [0.29, 0.717) is 13.1 Å². The number of carbonyl (C=O) groups excluding carboxylic acids is 1. The molecule has 29 heavy (non-hydrogen) atoms. The topological polar surface area (TPSA) is 77.2 Å². The number of halogens is 1. The zero-order chi connectivity index (χ0) is 19.8. The van der Waals surface area contributed by atoms with Gasteiger partial charge in [-0.05, 0) is 19.3 Å². The molecule has 0 bridgehead atoms. The fourth-order valence-electron chi connectivity index (χ4n) is 3.83. The normalized spacial score (nSPS) is 18.9. The summed E-state index contributed by atoms with van der Waals surface area (Å²) in [5.41, 5.74) is 0.967. The fraction of sp³-hybridized carbons (Fsp3) is 0.750. The molecule has 164 valence electrons. The second-order valence-corrected chi connectivity index (χ2v) is 7.60. The van der Waals surface area contributed by atoms with Crippen molar-refractivity contribution in [2.45, 2.75) is 45.6 Å². The third kappa shape index (κ3) is 7.13. The van der Waals surface area contributed by atoms with Crippen LogP contribution in [0.15, 0.2) is 15.6 Å². The van der Waals surface area contributed by atoms with Gasteiger partial charge in [0.05, 0.1) is 18.8 Å². The molecule has 0 radical (unpaired) electrons. The highest BCUT2D eigenvalue weighted by molar-refractivity contribution is 14.0. The van der Waals surface area contributed by atoms with Gasteiger partial charge in [0, 0.05) is 52.4 Å². The van der Waals surface area contributed by atoms with Crippen LogP contribution in [0.25, 0.3) is 0 Å². The predicted molar refractivity (Wildman–Crippen MR) is 125 cm³/mol. The van der Waals surface area contributed by atoms with Gasteiger partial charge >= 0.3 is 0 Å². The van der Waals surface area contributed by atoms with Crippen molar-refractivity contribution in [1.29, 1.82) is 0 Å². The fourth-order valence-corrected chi connectivity index (χ4v) is 3.83. The molecule has 2 fully saturated rings. The summed E-state index contributed by atoms with van der Waals surface area (Å²) in [6, 6.07) is 1.98. The minimum atomic E-state index is 0. The molecule has 1 aromatic rings. The van der Waals surface area contributed by atoms with Crippen molar-refractivity contribution in [3.63, 3.8) is 0 Å². The molecule has 0 saturated carbocycles. The number of aliphatic imine (C=N–C) groups is 1. The Labute approximate surface area is 191 Å². The van der Waals surface area contributed by atoms with Crippen molar-refractivity contribution in [3.05, 3.63) is 17.5 Å². The third-order valence-corrected chi connectivity index (χ3v) is 5.59. The number of piperazine rings is 1. The number of rotatable bonds is 5.